The van der Waals surface area contributed by atoms with E-state index in [-0.39, 0.29) is 0 Å². The summed E-state index contributed by atoms with van der Waals surface area (Å²) in [6, 6.07) is 14.5. The SMILES string of the molecule is CN(C)c1ccc(-c2cnc3[nH]cc(-c4ccco4)c3c2)cc1. The highest BCUT2D eigenvalue weighted by Crippen LogP contribution is 2.31. The van der Waals surface area contributed by atoms with Crippen molar-refractivity contribution in [2.75, 3.05) is 19.0 Å². The number of pyridine rings is 1. The number of aromatic amines is 1. The minimum absolute atomic E-state index is 0.846. The van der Waals surface area contributed by atoms with Crippen LogP contribution < -0.4 is 4.90 Å². The fourth-order valence-electron chi connectivity index (χ4n) is 2.75. The van der Waals surface area contributed by atoms with Crippen LogP contribution in [0.15, 0.2) is 65.5 Å². The molecule has 1 N–H and O–H groups in total. The van der Waals surface area contributed by atoms with Gasteiger partial charge >= 0.3 is 0 Å². The van der Waals surface area contributed by atoms with E-state index in [1.54, 1.807) is 6.26 Å². The van der Waals surface area contributed by atoms with Gasteiger partial charge in [0.2, 0.25) is 0 Å². The molecule has 0 aliphatic carbocycles. The van der Waals surface area contributed by atoms with Gasteiger partial charge in [-0.1, -0.05) is 12.1 Å². The largest absolute Gasteiger partial charge is 0.464 e. The molecule has 4 rings (SSSR count). The number of benzene rings is 1. The summed E-state index contributed by atoms with van der Waals surface area (Å²) >= 11 is 0. The zero-order chi connectivity index (χ0) is 15.8. The monoisotopic (exact) mass is 303 g/mol. The summed E-state index contributed by atoms with van der Waals surface area (Å²) < 4.78 is 5.52. The van der Waals surface area contributed by atoms with Gasteiger partial charge in [-0.3, -0.25) is 0 Å². The molecule has 0 radical (unpaired) electrons. The average molecular weight is 303 g/mol. The molecule has 0 spiro atoms. The number of rotatable bonds is 3. The van der Waals surface area contributed by atoms with Crippen LogP contribution in [-0.2, 0) is 0 Å². The van der Waals surface area contributed by atoms with Gasteiger partial charge in [-0.2, -0.15) is 0 Å². The summed E-state index contributed by atoms with van der Waals surface area (Å²) in [6.45, 7) is 0. The van der Waals surface area contributed by atoms with Gasteiger partial charge in [-0.05, 0) is 35.9 Å². The molecular weight excluding hydrogens is 286 g/mol. The first-order valence-corrected chi connectivity index (χ1v) is 7.51. The Hall–Kier alpha value is -3.01. The Bertz CT molecular complexity index is 935. The molecule has 0 saturated heterocycles. The third-order valence-electron chi connectivity index (χ3n) is 4.03. The second-order valence-corrected chi connectivity index (χ2v) is 5.74. The molecule has 4 nitrogen and oxygen atoms in total. The fraction of sp³-hybridized carbons (Fsp3) is 0.105. The molecule has 0 fully saturated rings. The number of nitrogens with zero attached hydrogens (tertiary/aromatic N) is 2. The lowest BCUT2D eigenvalue weighted by Gasteiger charge is -2.12. The molecule has 0 aliphatic rings. The van der Waals surface area contributed by atoms with Crippen LogP contribution in [0.2, 0.25) is 0 Å². The van der Waals surface area contributed by atoms with E-state index < -0.39 is 0 Å². The highest BCUT2D eigenvalue weighted by molar-refractivity contribution is 5.94. The molecule has 0 amide bonds. The minimum atomic E-state index is 0.846. The minimum Gasteiger partial charge on any atom is -0.464 e. The quantitative estimate of drug-likeness (QED) is 0.603. The van der Waals surface area contributed by atoms with E-state index in [9.17, 15) is 0 Å². The van der Waals surface area contributed by atoms with Crippen molar-refractivity contribution in [2.24, 2.45) is 0 Å². The van der Waals surface area contributed by atoms with Crippen LogP contribution in [0.3, 0.4) is 0 Å². The summed E-state index contributed by atoms with van der Waals surface area (Å²) in [5, 5.41) is 1.06. The Balaban J connectivity index is 1.80. The second-order valence-electron chi connectivity index (χ2n) is 5.74. The predicted molar refractivity (Wildman–Crippen MR) is 93.6 cm³/mol. The van der Waals surface area contributed by atoms with Crippen molar-refractivity contribution in [3.63, 3.8) is 0 Å². The second kappa shape index (κ2) is 5.32. The molecule has 0 aliphatic heterocycles. The number of hydrogen-bond donors (Lipinski definition) is 1. The Morgan fingerprint density at radius 3 is 2.57 bits per heavy atom. The van der Waals surface area contributed by atoms with Crippen LogP contribution in [0.4, 0.5) is 5.69 Å². The lowest BCUT2D eigenvalue weighted by atomic mass is 10.0. The molecule has 0 atom stereocenters. The van der Waals surface area contributed by atoms with E-state index in [0.717, 1.165) is 33.5 Å². The number of furan rings is 1. The van der Waals surface area contributed by atoms with Crippen LogP contribution >= 0.6 is 0 Å². The topological polar surface area (TPSA) is 45.1 Å². The number of fused-ring (bicyclic) bond motifs is 1. The van der Waals surface area contributed by atoms with E-state index in [4.69, 9.17) is 4.42 Å². The van der Waals surface area contributed by atoms with Gasteiger partial charge < -0.3 is 14.3 Å². The van der Waals surface area contributed by atoms with E-state index in [1.807, 2.05) is 38.6 Å². The van der Waals surface area contributed by atoms with Crippen molar-refractivity contribution >= 4 is 16.7 Å². The average Bonchev–Trinajstić information content (AvgIpc) is 3.23. The summed E-state index contributed by atoms with van der Waals surface area (Å²) in [4.78, 5) is 9.83. The van der Waals surface area contributed by atoms with Crippen molar-refractivity contribution < 1.29 is 4.42 Å². The Morgan fingerprint density at radius 1 is 1.04 bits per heavy atom. The lowest BCUT2D eigenvalue weighted by molar-refractivity contribution is 0.583. The fourth-order valence-corrected chi connectivity index (χ4v) is 2.75. The van der Waals surface area contributed by atoms with E-state index in [1.165, 1.54) is 5.69 Å². The molecule has 4 aromatic rings. The van der Waals surface area contributed by atoms with Gasteiger partial charge in [0.25, 0.3) is 0 Å². The van der Waals surface area contributed by atoms with Crippen LogP contribution in [0.5, 0.6) is 0 Å². The first-order valence-electron chi connectivity index (χ1n) is 7.51. The Labute approximate surface area is 134 Å². The van der Waals surface area contributed by atoms with Crippen LogP contribution in [0, 0.1) is 0 Å². The first kappa shape index (κ1) is 13.6. The van der Waals surface area contributed by atoms with Gasteiger partial charge in [0.1, 0.15) is 11.4 Å². The molecule has 0 unspecified atom stereocenters. The number of hydrogen-bond acceptors (Lipinski definition) is 3. The van der Waals surface area contributed by atoms with Crippen LogP contribution in [-0.4, -0.2) is 24.1 Å². The zero-order valence-electron chi connectivity index (χ0n) is 13.1. The van der Waals surface area contributed by atoms with E-state index in [0.29, 0.717) is 0 Å². The summed E-state index contributed by atoms with van der Waals surface area (Å²) in [7, 11) is 4.08. The molecule has 23 heavy (non-hydrogen) atoms. The number of anilines is 1. The third kappa shape index (κ3) is 2.38. The Kier molecular flexibility index (Phi) is 3.15. The van der Waals surface area contributed by atoms with Gasteiger partial charge in [0, 0.05) is 48.7 Å². The maximum absolute atomic E-state index is 5.52. The molecule has 0 bridgehead atoms. The smallest absolute Gasteiger partial charge is 0.138 e. The third-order valence-corrected chi connectivity index (χ3v) is 4.03. The van der Waals surface area contributed by atoms with Crippen molar-refractivity contribution in [2.45, 2.75) is 0 Å². The molecule has 0 saturated carbocycles. The normalized spacial score (nSPS) is 11.0. The predicted octanol–water partition coefficient (Wildman–Crippen LogP) is 4.56. The van der Waals surface area contributed by atoms with Crippen molar-refractivity contribution in [3.8, 4) is 22.5 Å². The highest BCUT2D eigenvalue weighted by atomic mass is 16.3. The standard InChI is InChI=1S/C19H17N3O/c1-22(2)15-7-5-13(6-8-15)14-10-16-17(18-4-3-9-23-18)12-21-19(16)20-11-14/h3-12H,1-2H3,(H,20,21). The molecule has 3 heterocycles. The maximum atomic E-state index is 5.52. The van der Waals surface area contributed by atoms with Crippen LogP contribution in [0.25, 0.3) is 33.5 Å². The molecular formula is C19H17N3O. The number of nitrogens with one attached hydrogen (secondary N) is 1. The Morgan fingerprint density at radius 2 is 1.87 bits per heavy atom. The molecule has 1 aromatic carbocycles. The van der Waals surface area contributed by atoms with Crippen LogP contribution in [0.1, 0.15) is 0 Å². The summed E-state index contributed by atoms with van der Waals surface area (Å²) in [5.74, 6) is 0.846. The summed E-state index contributed by atoms with van der Waals surface area (Å²) in [6.07, 6.45) is 5.52. The van der Waals surface area contributed by atoms with E-state index in [2.05, 4.69) is 45.2 Å². The maximum Gasteiger partial charge on any atom is 0.138 e. The van der Waals surface area contributed by atoms with Crippen molar-refractivity contribution in [1.29, 1.82) is 0 Å². The summed E-state index contributed by atoms with van der Waals surface area (Å²) in [5.41, 5.74) is 5.32. The van der Waals surface area contributed by atoms with Gasteiger partial charge in [-0.15, -0.1) is 0 Å². The highest BCUT2D eigenvalue weighted by Gasteiger charge is 2.10. The molecule has 114 valence electrons. The van der Waals surface area contributed by atoms with E-state index >= 15 is 0 Å². The zero-order valence-corrected chi connectivity index (χ0v) is 13.1. The van der Waals surface area contributed by atoms with Crippen molar-refractivity contribution in [1.82, 2.24) is 9.97 Å². The van der Waals surface area contributed by atoms with Gasteiger partial charge in [-0.25, -0.2) is 4.98 Å². The lowest BCUT2D eigenvalue weighted by Crippen LogP contribution is -2.07. The first-order chi connectivity index (χ1) is 11.2. The van der Waals surface area contributed by atoms with Gasteiger partial charge in [0.15, 0.2) is 0 Å². The molecule has 4 heteroatoms. The van der Waals surface area contributed by atoms with Gasteiger partial charge in [0.05, 0.1) is 6.26 Å². The molecule has 3 aromatic heterocycles. The number of H-pyrrole nitrogens is 1. The van der Waals surface area contributed by atoms with Crippen molar-refractivity contribution in [3.05, 3.63) is 61.1 Å². The number of aromatic nitrogens is 2.